The van der Waals surface area contributed by atoms with Crippen LogP contribution in [-0.2, 0) is 11.2 Å². The lowest BCUT2D eigenvalue weighted by atomic mass is 10.2. The first-order chi connectivity index (χ1) is 11.7. The van der Waals surface area contributed by atoms with E-state index in [0.717, 1.165) is 32.0 Å². The summed E-state index contributed by atoms with van der Waals surface area (Å²) in [5, 5.41) is 3.94. The fraction of sp³-hybridized carbons (Fsp3) is 0.167. The van der Waals surface area contributed by atoms with Gasteiger partial charge in [-0.25, -0.2) is 9.97 Å². The SMILES string of the molecule is Cc1nc2ccc(NC(=O)CCc3nc4ccccc4o3)cc2s1. The van der Waals surface area contributed by atoms with Crippen LogP contribution in [-0.4, -0.2) is 15.9 Å². The number of benzene rings is 2. The molecule has 4 rings (SSSR count). The highest BCUT2D eigenvalue weighted by atomic mass is 32.1. The monoisotopic (exact) mass is 337 g/mol. The van der Waals surface area contributed by atoms with Crippen molar-refractivity contribution in [3.8, 4) is 0 Å². The number of carbonyl (C=O) groups excluding carboxylic acids is 1. The molecule has 0 fully saturated rings. The molecule has 120 valence electrons. The van der Waals surface area contributed by atoms with E-state index >= 15 is 0 Å². The zero-order valence-corrected chi connectivity index (χ0v) is 13.9. The molecule has 2 heterocycles. The summed E-state index contributed by atoms with van der Waals surface area (Å²) < 4.78 is 6.70. The van der Waals surface area contributed by atoms with Crippen molar-refractivity contribution in [2.45, 2.75) is 19.8 Å². The van der Waals surface area contributed by atoms with Crippen LogP contribution in [0.1, 0.15) is 17.3 Å². The van der Waals surface area contributed by atoms with E-state index in [0.29, 0.717) is 18.7 Å². The molecule has 2 aromatic carbocycles. The molecule has 0 atom stereocenters. The lowest BCUT2D eigenvalue weighted by molar-refractivity contribution is -0.116. The van der Waals surface area contributed by atoms with Gasteiger partial charge in [0.2, 0.25) is 5.91 Å². The summed E-state index contributed by atoms with van der Waals surface area (Å²) in [6.07, 6.45) is 0.801. The number of carbonyl (C=O) groups is 1. The minimum absolute atomic E-state index is 0.0576. The molecular formula is C18H15N3O2S. The van der Waals surface area contributed by atoms with Gasteiger partial charge in [-0.3, -0.25) is 4.79 Å². The molecule has 0 saturated heterocycles. The Morgan fingerprint density at radius 2 is 2.04 bits per heavy atom. The number of para-hydroxylation sites is 2. The first kappa shape index (κ1) is 14.8. The third-order valence-electron chi connectivity index (χ3n) is 3.68. The molecule has 0 aliphatic carbocycles. The largest absolute Gasteiger partial charge is 0.441 e. The molecule has 0 radical (unpaired) electrons. The Bertz CT molecular complexity index is 1000. The van der Waals surface area contributed by atoms with Crippen LogP contribution >= 0.6 is 11.3 Å². The van der Waals surface area contributed by atoms with Crippen LogP contribution in [0.4, 0.5) is 5.69 Å². The second-order valence-corrected chi connectivity index (χ2v) is 6.77. The number of rotatable bonds is 4. The summed E-state index contributed by atoms with van der Waals surface area (Å²) in [7, 11) is 0. The maximum atomic E-state index is 12.1. The number of nitrogens with zero attached hydrogens (tertiary/aromatic N) is 2. The van der Waals surface area contributed by atoms with Crippen molar-refractivity contribution >= 4 is 44.2 Å². The Balaban J connectivity index is 1.41. The standard InChI is InChI=1S/C18H15N3O2S/c1-11-19-14-7-6-12(10-16(14)24-11)20-17(22)8-9-18-21-13-4-2-3-5-15(13)23-18/h2-7,10H,8-9H2,1H3,(H,20,22). The Hall–Kier alpha value is -2.73. The average molecular weight is 337 g/mol. The van der Waals surface area contributed by atoms with Crippen molar-refractivity contribution in [2.24, 2.45) is 0 Å². The van der Waals surface area contributed by atoms with Crippen LogP contribution in [0.5, 0.6) is 0 Å². The van der Waals surface area contributed by atoms with Gasteiger partial charge in [0, 0.05) is 18.5 Å². The molecule has 0 saturated carbocycles. The summed E-state index contributed by atoms with van der Waals surface area (Å²) >= 11 is 1.62. The number of aryl methyl sites for hydroxylation is 2. The molecule has 5 nitrogen and oxygen atoms in total. The number of nitrogens with one attached hydrogen (secondary N) is 1. The van der Waals surface area contributed by atoms with E-state index in [1.165, 1.54) is 0 Å². The lowest BCUT2D eigenvalue weighted by Gasteiger charge is -2.04. The van der Waals surface area contributed by atoms with Crippen LogP contribution < -0.4 is 5.32 Å². The minimum atomic E-state index is -0.0576. The Morgan fingerprint density at radius 3 is 2.92 bits per heavy atom. The van der Waals surface area contributed by atoms with E-state index in [2.05, 4.69) is 15.3 Å². The van der Waals surface area contributed by atoms with Crippen LogP contribution in [0.25, 0.3) is 21.3 Å². The van der Waals surface area contributed by atoms with Gasteiger partial charge in [-0.1, -0.05) is 12.1 Å². The van der Waals surface area contributed by atoms with E-state index in [-0.39, 0.29) is 5.91 Å². The normalized spacial score (nSPS) is 11.2. The number of oxazole rings is 1. The van der Waals surface area contributed by atoms with Gasteiger partial charge in [-0.2, -0.15) is 0 Å². The Labute approximate surface area is 142 Å². The number of amides is 1. The van der Waals surface area contributed by atoms with Gasteiger partial charge in [-0.05, 0) is 37.3 Å². The van der Waals surface area contributed by atoms with Gasteiger partial charge >= 0.3 is 0 Å². The smallest absolute Gasteiger partial charge is 0.224 e. The van der Waals surface area contributed by atoms with Crippen molar-refractivity contribution < 1.29 is 9.21 Å². The number of anilines is 1. The summed E-state index contributed by atoms with van der Waals surface area (Å²) in [5.74, 6) is 0.526. The third-order valence-corrected chi connectivity index (χ3v) is 4.62. The van der Waals surface area contributed by atoms with Crippen LogP contribution in [0.3, 0.4) is 0 Å². The second-order valence-electron chi connectivity index (χ2n) is 5.54. The van der Waals surface area contributed by atoms with Gasteiger partial charge in [0.05, 0.1) is 15.2 Å². The van der Waals surface area contributed by atoms with Gasteiger partial charge < -0.3 is 9.73 Å². The van der Waals surface area contributed by atoms with E-state index < -0.39 is 0 Å². The molecule has 0 bridgehead atoms. The van der Waals surface area contributed by atoms with Crippen LogP contribution in [0, 0.1) is 6.92 Å². The molecule has 6 heteroatoms. The second kappa shape index (κ2) is 6.05. The molecule has 4 aromatic rings. The van der Waals surface area contributed by atoms with Crippen molar-refractivity contribution in [1.82, 2.24) is 9.97 Å². The van der Waals surface area contributed by atoms with E-state index in [9.17, 15) is 4.79 Å². The molecule has 0 aliphatic heterocycles. The molecule has 0 unspecified atom stereocenters. The Kier molecular flexibility index (Phi) is 3.74. The van der Waals surface area contributed by atoms with E-state index in [1.807, 2.05) is 49.4 Å². The van der Waals surface area contributed by atoms with Crippen molar-refractivity contribution in [3.63, 3.8) is 0 Å². The van der Waals surface area contributed by atoms with Gasteiger partial charge in [0.15, 0.2) is 11.5 Å². The first-order valence-corrected chi connectivity index (χ1v) is 8.50. The minimum Gasteiger partial charge on any atom is -0.441 e. The number of hydrogen-bond acceptors (Lipinski definition) is 5. The number of thiazole rings is 1. The maximum Gasteiger partial charge on any atom is 0.224 e. The summed E-state index contributed by atoms with van der Waals surface area (Å²) in [6, 6.07) is 13.3. The summed E-state index contributed by atoms with van der Waals surface area (Å²) in [4.78, 5) is 20.9. The molecular weight excluding hydrogens is 322 g/mol. The molecule has 1 amide bonds. The topological polar surface area (TPSA) is 68.0 Å². The molecule has 1 N–H and O–H groups in total. The van der Waals surface area contributed by atoms with Crippen molar-refractivity contribution in [3.05, 3.63) is 53.4 Å². The summed E-state index contributed by atoms with van der Waals surface area (Å²) in [5.41, 5.74) is 3.31. The Morgan fingerprint density at radius 1 is 1.17 bits per heavy atom. The van der Waals surface area contributed by atoms with Crippen molar-refractivity contribution in [1.29, 1.82) is 0 Å². The number of aromatic nitrogens is 2. The predicted molar refractivity (Wildman–Crippen MR) is 95.3 cm³/mol. The van der Waals surface area contributed by atoms with Gasteiger partial charge in [-0.15, -0.1) is 11.3 Å². The summed E-state index contributed by atoms with van der Waals surface area (Å²) in [6.45, 7) is 1.98. The fourth-order valence-electron chi connectivity index (χ4n) is 2.59. The lowest BCUT2D eigenvalue weighted by Crippen LogP contribution is -2.12. The van der Waals surface area contributed by atoms with Gasteiger partial charge in [0.25, 0.3) is 0 Å². The van der Waals surface area contributed by atoms with Crippen LogP contribution in [0.2, 0.25) is 0 Å². The highest BCUT2D eigenvalue weighted by Gasteiger charge is 2.09. The third kappa shape index (κ3) is 3.00. The molecule has 24 heavy (non-hydrogen) atoms. The first-order valence-electron chi connectivity index (χ1n) is 7.69. The molecule has 2 aromatic heterocycles. The zero-order valence-electron chi connectivity index (χ0n) is 13.1. The maximum absolute atomic E-state index is 12.1. The highest BCUT2D eigenvalue weighted by Crippen LogP contribution is 2.25. The van der Waals surface area contributed by atoms with Crippen LogP contribution in [0.15, 0.2) is 46.9 Å². The molecule has 0 spiro atoms. The zero-order chi connectivity index (χ0) is 16.5. The fourth-order valence-corrected chi connectivity index (χ4v) is 3.45. The average Bonchev–Trinajstić information content (AvgIpc) is 3.14. The molecule has 0 aliphatic rings. The predicted octanol–water partition coefficient (Wildman–Crippen LogP) is 4.32. The van der Waals surface area contributed by atoms with E-state index in [4.69, 9.17) is 4.42 Å². The highest BCUT2D eigenvalue weighted by molar-refractivity contribution is 7.18. The number of hydrogen-bond donors (Lipinski definition) is 1. The van der Waals surface area contributed by atoms with Gasteiger partial charge in [0.1, 0.15) is 5.52 Å². The number of fused-ring (bicyclic) bond motifs is 2. The van der Waals surface area contributed by atoms with E-state index in [1.54, 1.807) is 11.3 Å². The van der Waals surface area contributed by atoms with Crippen molar-refractivity contribution in [2.75, 3.05) is 5.32 Å². The quantitative estimate of drug-likeness (QED) is 0.602.